The molecule has 1 saturated heterocycles. The lowest BCUT2D eigenvalue weighted by molar-refractivity contribution is -0.136. The van der Waals surface area contributed by atoms with E-state index < -0.39 is 6.04 Å². The van der Waals surface area contributed by atoms with Crippen molar-refractivity contribution in [3.05, 3.63) is 54.1 Å². The van der Waals surface area contributed by atoms with E-state index in [-0.39, 0.29) is 17.7 Å². The van der Waals surface area contributed by atoms with E-state index >= 15 is 0 Å². The Labute approximate surface area is 201 Å². The monoisotopic (exact) mass is 469 g/mol. The largest absolute Gasteiger partial charge is 0.497 e. The average Bonchev–Trinajstić information content (AvgIpc) is 2.87. The maximum absolute atomic E-state index is 13.3. The summed E-state index contributed by atoms with van der Waals surface area (Å²) < 4.78 is 16.3. The van der Waals surface area contributed by atoms with Crippen molar-refractivity contribution in [2.45, 2.75) is 19.9 Å². The first-order chi connectivity index (χ1) is 16.4. The number of hydrogen-bond donors (Lipinski definition) is 1. The Balaban J connectivity index is 1.53. The summed E-state index contributed by atoms with van der Waals surface area (Å²) in [6.45, 7) is 8.07. The molecule has 184 valence electrons. The first kappa shape index (κ1) is 25.4. The van der Waals surface area contributed by atoms with Crippen LogP contribution in [-0.4, -0.2) is 81.2 Å². The summed E-state index contributed by atoms with van der Waals surface area (Å²) in [5, 5.41) is 2.92. The third-order valence-electron chi connectivity index (χ3n) is 5.94. The Morgan fingerprint density at radius 2 is 1.53 bits per heavy atom. The molecule has 1 aliphatic rings. The smallest absolute Gasteiger partial charge is 0.252 e. The average molecular weight is 470 g/mol. The van der Waals surface area contributed by atoms with Crippen LogP contribution in [0.25, 0.3) is 0 Å². The third-order valence-corrected chi connectivity index (χ3v) is 5.94. The molecule has 0 spiro atoms. The second-order valence-electron chi connectivity index (χ2n) is 8.62. The Morgan fingerprint density at radius 3 is 2.09 bits per heavy atom. The van der Waals surface area contributed by atoms with E-state index in [1.165, 1.54) is 14.2 Å². The molecule has 1 heterocycles. The first-order valence-electron chi connectivity index (χ1n) is 11.6. The number of piperazine rings is 1. The fourth-order valence-electron chi connectivity index (χ4n) is 3.87. The molecule has 0 aromatic heterocycles. The number of carbonyl (C=O) groups is 2. The summed E-state index contributed by atoms with van der Waals surface area (Å²) in [5.41, 5.74) is 0.387. The molecule has 1 fully saturated rings. The fraction of sp³-hybridized carbons (Fsp3) is 0.462. The molecule has 0 aliphatic carbocycles. The van der Waals surface area contributed by atoms with Crippen LogP contribution < -0.4 is 19.5 Å². The number of rotatable bonds is 10. The molecule has 2 aromatic rings. The van der Waals surface area contributed by atoms with Gasteiger partial charge in [0.15, 0.2) is 0 Å². The highest BCUT2D eigenvalue weighted by Crippen LogP contribution is 2.23. The van der Waals surface area contributed by atoms with Crippen molar-refractivity contribution < 1.29 is 23.8 Å². The highest BCUT2D eigenvalue weighted by atomic mass is 16.5. The Kier molecular flexibility index (Phi) is 9.16. The molecule has 2 amide bonds. The minimum Gasteiger partial charge on any atom is -0.497 e. The van der Waals surface area contributed by atoms with E-state index in [1.807, 2.05) is 49.1 Å². The van der Waals surface area contributed by atoms with Gasteiger partial charge < -0.3 is 24.4 Å². The van der Waals surface area contributed by atoms with Gasteiger partial charge in [0.05, 0.1) is 14.2 Å². The minimum absolute atomic E-state index is 0.0544. The van der Waals surface area contributed by atoms with Crippen LogP contribution in [0.3, 0.4) is 0 Å². The number of para-hydroxylation sites is 1. The van der Waals surface area contributed by atoms with Crippen molar-refractivity contribution in [1.82, 2.24) is 15.1 Å². The molecule has 0 radical (unpaired) electrons. The van der Waals surface area contributed by atoms with E-state index in [1.54, 1.807) is 18.2 Å². The summed E-state index contributed by atoms with van der Waals surface area (Å²) in [7, 11) is 3.06. The van der Waals surface area contributed by atoms with Crippen molar-refractivity contribution in [3.63, 3.8) is 0 Å². The fourth-order valence-corrected chi connectivity index (χ4v) is 3.87. The molecule has 1 N–H and O–H groups in total. The zero-order valence-electron chi connectivity index (χ0n) is 20.5. The normalized spacial score (nSPS) is 15.0. The van der Waals surface area contributed by atoms with Gasteiger partial charge in [-0.2, -0.15) is 0 Å². The number of methoxy groups -OCH3 is 2. The molecule has 8 nitrogen and oxygen atoms in total. The number of ether oxygens (including phenoxy) is 3. The van der Waals surface area contributed by atoms with Crippen LogP contribution in [0, 0.1) is 5.92 Å². The van der Waals surface area contributed by atoms with Gasteiger partial charge in [0, 0.05) is 44.4 Å². The van der Waals surface area contributed by atoms with Crippen LogP contribution in [0.2, 0.25) is 0 Å². The Morgan fingerprint density at radius 1 is 0.912 bits per heavy atom. The number of nitrogens with zero attached hydrogens (tertiary/aromatic N) is 2. The van der Waals surface area contributed by atoms with E-state index in [0.29, 0.717) is 36.8 Å². The zero-order chi connectivity index (χ0) is 24.5. The lowest BCUT2D eigenvalue weighted by Gasteiger charge is -2.37. The molecule has 0 bridgehead atoms. The van der Waals surface area contributed by atoms with Crippen LogP contribution in [-0.2, 0) is 4.79 Å². The highest BCUT2D eigenvalue weighted by molar-refractivity contribution is 5.98. The van der Waals surface area contributed by atoms with Gasteiger partial charge >= 0.3 is 0 Å². The summed E-state index contributed by atoms with van der Waals surface area (Å²) >= 11 is 0. The summed E-state index contributed by atoms with van der Waals surface area (Å²) in [6.07, 6.45) is 0. The molecule has 34 heavy (non-hydrogen) atoms. The highest BCUT2D eigenvalue weighted by Gasteiger charge is 2.31. The van der Waals surface area contributed by atoms with Crippen LogP contribution in [0.15, 0.2) is 48.5 Å². The van der Waals surface area contributed by atoms with E-state index in [9.17, 15) is 9.59 Å². The predicted octanol–water partition coefficient (Wildman–Crippen LogP) is 2.68. The number of benzene rings is 2. The van der Waals surface area contributed by atoms with E-state index in [2.05, 4.69) is 10.2 Å². The molecule has 0 saturated carbocycles. The second-order valence-corrected chi connectivity index (χ2v) is 8.62. The molecule has 0 unspecified atom stereocenters. The van der Waals surface area contributed by atoms with Crippen LogP contribution in [0.4, 0.5) is 0 Å². The van der Waals surface area contributed by atoms with E-state index in [0.717, 1.165) is 25.4 Å². The van der Waals surface area contributed by atoms with Crippen molar-refractivity contribution >= 4 is 11.8 Å². The van der Waals surface area contributed by atoms with Crippen molar-refractivity contribution in [3.8, 4) is 17.2 Å². The van der Waals surface area contributed by atoms with Crippen molar-refractivity contribution in [2.75, 3.05) is 53.6 Å². The van der Waals surface area contributed by atoms with Gasteiger partial charge in [-0.05, 0) is 30.2 Å². The van der Waals surface area contributed by atoms with Gasteiger partial charge in [-0.25, -0.2) is 0 Å². The number of hydrogen-bond acceptors (Lipinski definition) is 6. The molecule has 1 atom stereocenters. The Hall–Kier alpha value is -3.26. The first-order valence-corrected chi connectivity index (χ1v) is 11.6. The number of nitrogens with one attached hydrogen (secondary N) is 1. The van der Waals surface area contributed by atoms with Crippen molar-refractivity contribution in [2.24, 2.45) is 5.92 Å². The lowest BCUT2D eigenvalue weighted by Crippen LogP contribution is -2.56. The minimum atomic E-state index is -0.613. The standard InChI is InChI=1S/C26H35N3O5/c1-19(2)24(27-25(30)20-16-22(32-3)18-23(17-20)33-4)26(31)29-12-10-28(11-13-29)14-15-34-21-8-6-5-7-9-21/h5-9,16-19,24H,10-15H2,1-4H3,(H,27,30)/t24-/m0/s1. The quantitative estimate of drug-likeness (QED) is 0.576. The van der Waals surface area contributed by atoms with E-state index in [4.69, 9.17) is 14.2 Å². The maximum Gasteiger partial charge on any atom is 0.252 e. The third kappa shape index (κ3) is 6.87. The topological polar surface area (TPSA) is 80.3 Å². The SMILES string of the molecule is COc1cc(OC)cc(C(=O)N[C@H](C(=O)N2CCN(CCOc3ccccc3)CC2)C(C)C)c1. The van der Waals surface area contributed by atoms with Gasteiger partial charge in [-0.1, -0.05) is 32.0 Å². The number of carbonyl (C=O) groups excluding carboxylic acids is 2. The molecular formula is C26H35N3O5. The van der Waals surface area contributed by atoms with Crippen LogP contribution in [0.5, 0.6) is 17.2 Å². The summed E-state index contributed by atoms with van der Waals surface area (Å²) in [6, 6.07) is 14.1. The second kappa shape index (κ2) is 12.3. The summed E-state index contributed by atoms with van der Waals surface area (Å²) in [4.78, 5) is 30.4. The molecule has 1 aliphatic heterocycles. The van der Waals surface area contributed by atoms with Crippen LogP contribution in [0.1, 0.15) is 24.2 Å². The lowest BCUT2D eigenvalue weighted by atomic mass is 10.0. The van der Waals surface area contributed by atoms with Gasteiger partial charge in [-0.3, -0.25) is 14.5 Å². The van der Waals surface area contributed by atoms with Crippen molar-refractivity contribution in [1.29, 1.82) is 0 Å². The predicted molar refractivity (Wildman–Crippen MR) is 131 cm³/mol. The Bertz CT molecular complexity index is 920. The van der Waals surface area contributed by atoms with Gasteiger partial charge in [0.1, 0.15) is 29.9 Å². The molecule has 3 rings (SSSR count). The number of amides is 2. The van der Waals surface area contributed by atoms with Gasteiger partial charge in [0.2, 0.25) is 5.91 Å². The molecule has 8 heteroatoms. The maximum atomic E-state index is 13.3. The molecular weight excluding hydrogens is 434 g/mol. The molecule has 2 aromatic carbocycles. The van der Waals surface area contributed by atoms with Gasteiger partial charge in [-0.15, -0.1) is 0 Å². The zero-order valence-corrected chi connectivity index (χ0v) is 20.5. The van der Waals surface area contributed by atoms with Crippen LogP contribution >= 0.6 is 0 Å². The van der Waals surface area contributed by atoms with Gasteiger partial charge in [0.25, 0.3) is 5.91 Å². The summed E-state index contributed by atoms with van der Waals surface area (Å²) in [5.74, 6) is 1.45.